The Morgan fingerprint density at radius 3 is 2.62 bits per heavy atom. The fourth-order valence-electron chi connectivity index (χ4n) is 3.76. The predicted octanol–water partition coefficient (Wildman–Crippen LogP) is 4.57. The van der Waals surface area contributed by atoms with E-state index in [-0.39, 0.29) is 18.1 Å². The molecule has 1 N–H and O–H groups in total. The minimum absolute atomic E-state index is 0.0354. The first-order valence-corrected chi connectivity index (χ1v) is 9.17. The minimum atomic E-state index is -2.84. The van der Waals surface area contributed by atoms with Gasteiger partial charge in [-0.15, -0.1) is 0 Å². The average Bonchev–Trinajstić information content (AvgIpc) is 2.86. The van der Waals surface area contributed by atoms with Crippen molar-refractivity contribution in [3.63, 3.8) is 0 Å². The van der Waals surface area contributed by atoms with Crippen molar-refractivity contribution < 1.29 is 23.1 Å². The number of amides is 1. The van der Waals surface area contributed by atoms with Crippen LogP contribution in [0.1, 0.15) is 18.5 Å². The van der Waals surface area contributed by atoms with E-state index in [9.17, 15) is 23.1 Å². The van der Waals surface area contributed by atoms with E-state index in [1.54, 1.807) is 0 Å². The summed E-state index contributed by atoms with van der Waals surface area (Å²) in [6.45, 7) is 0.0230. The molecule has 4 rings (SSSR count). The van der Waals surface area contributed by atoms with Crippen molar-refractivity contribution in [3.8, 4) is 11.3 Å². The summed E-state index contributed by atoms with van der Waals surface area (Å²) in [5.41, 5.74) is 0.526. The second kappa shape index (κ2) is 5.75. The molecule has 0 bridgehead atoms. The van der Waals surface area contributed by atoms with Crippen LogP contribution in [-0.4, -0.2) is 38.3 Å². The molecule has 2 heterocycles. The van der Waals surface area contributed by atoms with Gasteiger partial charge in [-0.2, -0.15) is 5.10 Å². The first-order chi connectivity index (χ1) is 12.1. The van der Waals surface area contributed by atoms with Gasteiger partial charge in [-0.05, 0) is 40.8 Å². The normalized spacial score (nSPS) is 20.0. The number of fused-ring (bicyclic) bond motifs is 2. The fraction of sp³-hybridized carbons (Fsp3) is 0.375. The van der Waals surface area contributed by atoms with Crippen molar-refractivity contribution >= 4 is 40.3 Å². The second-order valence-electron chi connectivity index (χ2n) is 6.72. The highest BCUT2D eigenvalue weighted by molar-refractivity contribution is 14.1. The zero-order chi connectivity index (χ0) is 18.9. The summed E-state index contributed by atoms with van der Waals surface area (Å²) in [5.74, 6) is -3.41. The Morgan fingerprint density at radius 1 is 1.35 bits per heavy atom. The number of carboxylic acid groups (broad SMARTS) is 1. The zero-order valence-corrected chi connectivity index (χ0v) is 16.1. The van der Waals surface area contributed by atoms with Gasteiger partial charge in [-0.1, -0.05) is 11.6 Å². The number of nitrogens with zero attached hydrogens (tertiary/aromatic N) is 3. The first-order valence-electron chi connectivity index (χ1n) is 7.71. The number of benzene rings is 1. The zero-order valence-electron chi connectivity index (χ0n) is 13.1. The van der Waals surface area contributed by atoms with Crippen molar-refractivity contribution in [1.82, 2.24) is 14.7 Å². The number of rotatable bonds is 1. The average molecular weight is 498 g/mol. The highest BCUT2D eigenvalue weighted by Gasteiger charge is 2.61. The van der Waals surface area contributed by atoms with Gasteiger partial charge in [0.05, 0.1) is 32.9 Å². The maximum Gasteiger partial charge on any atom is 0.407 e. The summed E-state index contributed by atoms with van der Waals surface area (Å²) in [7, 11) is 0. The van der Waals surface area contributed by atoms with Crippen molar-refractivity contribution in [1.29, 1.82) is 0 Å². The number of halogens is 5. The molecule has 138 valence electrons. The van der Waals surface area contributed by atoms with E-state index in [2.05, 4.69) is 5.10 Å². The first kappa shape index (κ1) is 17.9. The van der Waals surface area contributed by atoms with Crippen LogP contribution in [0.2, 0.25) is 5.02 Å². The molecule has 0 atom stereocenters. The smallest absolute Gasteiger partial charge is 0.407 e. The van der Waals surface area contributed by atoms with Gasteiger partial charge >= 0.3 is 6.09 Å². The fourth-order valence-corrected chi connectivity index (χ4v) is 4.76. The van der Waals surface area contributed by atoms with Crippen LogP contribution in [0.4, 0.5) is 18.0 Å². The van der Waals surface area contributed by atoms with Gasteiger partial charge < -0.3 is 5.11 Å². The summed E-state index contributed by atoms with van der Waals surface area (Å²) in [6, 6.07) is 4.14. The molecule has 10 heteroatoms. The Labute approximate surface area is 164 Å². The van der Waals surface area contributed by atoms with Gasteiger partial charge in [-0.3, -0.25) is 9.58 Å². The number of aromatic nitrogens is 2. The molecule has 1 aliphatic carbocycles. The molecule has 26 heavy (non-hydrogen) atoms. The van der Waals surface area contributed by atoms with Gasteiger partial charge in [0, 0.05) is 18.4 Å². The molecule has 1 saturated carbocycles. The van der Waals surface area contributed by atoms with Crippen LogP contribution in [0.5, 0.6) is 0 Å². The Hall–Kier alpha value is -1.49. The number of hydrogen-bond acceptors (Lipinski definition) is 2. The molecule has 1 aromatic carbocycles. The Morgan fingerprint density at radius 2 is 2.04 bits per heavy atom. The lowest BCUT2D eigenvalue weighted by molar-refractivity contribution is -0.168. The van der Waals surface area contributed by atoms with Crippen molar-refractivity contribution in [2.45, 2.75) is 30.8 Å². The largest absolute Gasteiger partial charge is 0.465 e. The molecule has 0 saturated heterocycles. The quantitative estimate of drug-likeness (QED) is 0.588. The minimum Gasteiger partial charge on any atom is -0.465 e. The van der Waals surface area contributed by atoms with E-state index >= 15 is 0 Å². The van der Waals surface area contributed by atoms with Crippen LogP contribution >= 0.6 is 34.2 Å². The van der Waals surface area contributed by atoms with Gasteiger partial charge in [0.15, 0.2) is 0 Å². The van der Waals surface area contributed by atoms with Crippen LogP contribution in [0, 0.1) is 9.39 Å². The van der Waals surface area contributed by atoms with Crippen molar-refractivity contribution in [2.24, 2.45) is 0 Å². The van der Waals surface area contributed by atoms with E-state index in [0.717, 1.165) is 4.90 Å². The van der Waals surface area contributed by atoms with Gasteiger partial charge in [0.1, 0.15) is 11.5 Å². The molecule has 1 aromatic heterocycles. The monoisotopic (exact) mass is 497 g/mol. The van der Waals surface area contributed by atoms with E-state index in [1.165, 1.54) is 22.9 Å². The summed E-state index contributed by atoms with van der Waals surface area (Å²) in [4.78, 5) is 12.6. The lowest BCUT2D eigenvalue weighted by Gasteiger charge is -2.52. The summed E-state index contributed by atoms with van der Waals surface area (Å²) in [6.07, 6.45) is -2.08. The highest BCUT2D eigenvalue weighted by atomic mass is 127. The van der Waals surface area contributed by atoms with Gasteiger partial charge in [0.25, 0.3) is 5.92 Å². The van der Waals surface area contributed by atoms with E-state index in [4.69, 9.17) is 11.6 Å². The summed E-state index contributed by atoms with van der Waals surface area (Å²) in [5, 5.41) is 13.8. The molecule has 1 amide bonds. The molecule has 2 aliphatic rings. The Bertz CT molecular complexity index is 926. The number of alkyl halides is 2. The Kier molecular flexibility index (Phi) is 3.96. The third-order valence-corrected chi connectivity index (χ3v) is 6.25. The topological polar surface area (TPSA) is 58.4 Å². The molecule has 0 radical (unpaired) electrons. The lowest BCUT2D eigenvalue weighted by Crippen LogP contribution is -2.62. The Balaban J connectivity index is 1.84. The van der Waals surface area contributed by atoms with E-state index in [0.29, 0.717) is 20.5 Å². The molecule has 5 nitrogen and oxygen atoms in total. The lowest BCUT2D eigenvalue weighted by atomic mass is 9.72. The third-order valence-electron chi connectivity index (χ3n) is 4.83. The predicted molar refractivity (Wildman–Crippen MR) is 95.9 cm³/mol. The number of carbonyl (C=O) groups is 1. The molecule has 0 unspecified atom stereocenters. The van der Waals surface area contributed by atoms with Crippen LogP contribution in [0.3, 0.4) is 0 Å². The van der Waals surface area contributed by atoms with Crippen molar-refractivity contribution in [3.05, 3.63) is 38.3 Å². The van der Waals surface area contributed by atoms with E-state index in [1.807, 2.05) is 22.6 Å². The summed E-state index contributed by atoms with van der Waals surface area (Å²) >= 11 is 7.86. The molecule has 1 fully saturated rings. The van der Waals surface area contributed by atoms with Crippen LogP contribution in [-0.2, 0) is 12.1 Å². The SMILES string of the molecule is O=C(O)N1Cc2c(I)c(-c3ccc(F)c(Cl)c3)nn2C2(C1)CC(F)(F)C2. The van der Waals surface area contributed by atoms with Gasteiger partial charge in [-0.25, -0.2) is 18.0 Å². The van der Waals surface area contributed by atoms with Crippen LogP contribution in [0.15, 0.2) is 18.2 Å². The molecular weight excluding hydrogens is 486 g/mol. The van der Waals surface area contributed by atoms with Crippen LogP contribution < -0.4 is 0 Å². The van der Waals surface area contributed by atoms with Crippen molar-refractivity contribution in [2.75, 3.05) is 6.54 Å². The third kappa shape index (κ3) is 2.67. The second-order valence-corrected chi connectivity index (χ2v) is 8.21. The number of hydrogen-bond donors (Lipinski definition) is 1. The molecule has 1 spiro atoms. The van der Waals surface area contributed by atoms with Gasteiger partial charge in [0.2, 0.25) is 0 Å². The molecule has 2 aromatic rings. The molecule has 1 aliphatic heterocycles. The summed E-state index contributed by atoms with van der Waals surface area (Å²) < 4.78 is 42.9. The van der Waals surface area contributed by atoms with Crippen LogP contribution in [0.25, 0.3) is 11.3 Å². The van der Waals surface area contributed by atoms with E-state index < -0.39 is 36.2 Å². The maximum absolute atomic E-state index is 13.6. The standard InChI is InChI=1S/C16H12ClF3IN3O2/c17-9-3-8(1-2-10(9)18)13-12(21)11-4-23(14(25)26)7-15(24(11)22-13)5-16(19,20)6-15/h1-3H,4-7H2,(H,25,26). The maximum atomic E-state index is 13.6. The highest BCUT2D eigenvalue weighted by Crippen LogP contribution is 2.53. The molecular formula is C16H12ClF3IN3O2.